The highest BCUT2D eigenvalue weighted by molar-refractivity contribution is 6.35. The van der Waals surface area contributed by atoms with Crippen LogP contribution in [0.15, 0.2) is 78.0 Å². The van der Waals surface area contributed by atoms with Gasteiger partial charge in [-0.05, 0) is 70.2 Å². The maximum atomic E-state index is 12.3. The normalized spacial score (nSPS) is 13.2. The van der Waals surface area contributed by atoms with E-state index in [1.807, 2.05) is 19.1 Å². The van der Waals surface area contributed by atoms with E-state index in [1.54, 1.807) is 30.4 Å². The lowest BCUT2D eigenvalue weighted by Crippen LogP contribution is -2.23. The second-order valence-corrected chi connectivity index (χ2v) is 8.94. The number of allylic oxidation sites excluding steroid dienone is 7. The summed E-state index contributed by atoms with van der Waals surface area (Å²) in [6, 6.07) is 4.80. The summed E-state index contributed by atoms with van der Waals surface area (Å²) in [4.78, 5) is 23.3. The number of esters is 2. The molecule has 0 aromatic heterocycles. The highest BCUT2D eigenvalue weighted by Gasteiger charge is 2.16. The van der Waals surface area contributed by atoms with Crippen molar-refractivity contribution in [3.05, 3.63) is 88.0 Å². The molecule has 7 heteroatoms. The van der Waals surface area contributed by atoms with Crippen molar-refractivity contribution < 1.29 is 23.8 Å². The number of hydrogen-bond acceptors (Lipinski definition) is 5. The molecule has 0 N–H and O–H groups in total. The summed E-state index contributed by atoms with van der Waals surface area (Å²) in [6.07, 6.45) is 13.8. The second-order valence-electron chi connectivity index (χ2n) is 8.10. The zero-order chi connectivity index (χ0) is 26.2. The molecule has 1 aromatic rings. The average Bonchev–Trinajstić information content (AvgIpc) is 2.80. The van der Waals surface area contributed by atoms with Gasteiger partial charge in [0.05, 0.1) is 12.1 Å². The molecule has 1 rings (SSSR count). The van der Waals surface area contributed by atoms with Gasteiger partial charge in [-0.25, -0.2) is 9.59 Å². The largest absolute Gasteiger partial charge is 0.480 e. The summed E-state index contributed by atoms with van der Waals surface area (Å²) in [7, 11) is 1.34. The lowest BCUT2D eigenvalue weighted by atomic mass is 10.0. The Bertz CT molecular complexity index is 989. The van der Waals surface area contributed by atoms with Crippen molar-refractivity contribution in [3.63, 3.8) is 0 Å². The molecule has 0 radical (unpaired) electrons. The Labute approximate surface area is 218 Å². The van der Waals surface area contributed by atoms with Crippen LogP contribution in [0.3, 0.4) is 0 Å². The van der Waals surface area contributed by atoms with Crippen LogP contribution in [0.4, 0.5) is 0 Å². The van der Waals surface area contributed by atoms with E-state index in [2.05, 4.69) is 31.2 Å². The van der Waals surface area contributed by atoms with Crippen LogP contribution in [0.2, 0.25) is 10.0 Å². The topological polar surface area (TPSA) is 61.8 Å². The molecule has 1 atom stereocenters. The molecule has 0 spiro atoms. The zero-order valence-corrected chi connectivity index (χ0v) is 22.3. The molecule has 0 aliphatic heterocycles. The van der Waals surface area contributed by atoms with Gasteiger partial charge in [0, 0.05) is 11.1 Å². The molecule has 1 unspecified atom stereocenters. The number of methoxy groups -OCH3 is 1. The second kappa shape index (κ2) is 16.8. The van der Waals surface area contributed by atoms with Crippen molar-refractivity contribution in [2.24, 2.45) is 0 Å². The highest BCUT2D eigenvalue weighted by atomic mass is 35.5. The molecule has 0 aliphatic carbocycles. The Morgan fingerprint density at radius 2 is 1.80 bits per heavy atom. The van der Waals surface area contributed by atoms with E-state index in [0.29, 0.717) is 22.2 Å². The number of ether oxygens (including phenoxy) is 3. The fraction of sp³-hybridized carbons (Fsp3) is 0.357. The summed E-state index contributed by atoms with van der Waals surface area (Å²) in [6.45, 7) is 9.68. The Morgan fingerprint density at radius 1 is 1.06 bits per heavy atom. The molecule has 190 valence electrons. The zero-order valence-electron chi connectivity index (χ0n) is 20.8. The summed E-state index contributed by atoms with van der Waals surface area (Å²) < 4.78 is 15.5. The van der Waals surface area contributed by atoms with Crippen LogP contribution in [0, 0.1) is 0 Å². The Morgan fingerprint density at radius 3 is 2.46 bits per heavy atom. The molecule has 0 saturated heterocycles. The Hall–Kier alpha value is -2.76. The fourth-order valence-corrected chi connectivity index (χ4v) is 3.37. The van der Waals surface area contributed by atoms with Crippen molar-refractivity contribution >= 4 is 35.1 Å². The van der Waals surface area contributed by atoms with E-state index in [0.717, 1.165) is 24.8 Å². The molecule has 35 heavy (non-hydrogen) atoms. The molecule has 0 heterocycles. The minimum Gasteiger partial charge on any atom is -0.480 e. The van der Waals surface area contributed by atoms with Gasteiger partial charge in [0.15, 0.2) is 6.61 Å². The Kier molecular flexibility index (Phi) is 14.5. The lowest BCUT2D eigenvalue weighted by Gasteiger charge is -2.18. The summed E-state index contributed by atoms with van der Waals surface area (Å²) >= 11 is 11.9. The van der Waals surface area contributed by atoms with Crippen molar-refractivity contribution in [1.82, 2.24) is 0 Å². The lowest BCUT2D eigenvalue weighted by molar-refractivity contribution is -0.150. The van der Waals surface area contributed by atoms with Crippen LogP contribution in [0.1, 0.15) is 46.5 Å². The van der Waals surface area contributed by atoms with Crippen molar-refractivity contribution in [2.45, 2.75) is 52.6 Å². The predicted octanol–water partition coefficient (Wildman–Crippen LogP) is 7.60. The van der Waals surface area contributed by atoms with Crippen molar-refractivity contribution in [2.75, 3.05) is 13.7 Å². The van der Waals surface area contributed by atoms with Gasteiger partial charge in [0.1, 0.15) is 11.9 Å². The van der Waals surface area contributed by atoms with Gasteiger partial charge in [-0.1, -0.05) is 71.3 Å². The maximum absolute atomic E-state index is 12.3. The summed E-state index contributed by atoms with van der Waals surface area (Å²) in [5.74, 6) is -0.493. The predicted molar refractivity (Wildman–Crippen MR) is 143 cm³/mol. The number of hydrogen-bond donors (Lipinski definition) is 0. The van der Waals surface area contributed by atoms with Gasteiger partial charge in [-0.2, -0.15) is 0 Å². The molecule has 0 bridgehead atoms. The van der Waals surface area contributed by atoms with E-state index in [9.17, 15) is 9.59 Å². The molecule has 0 aliphatic rings. The van der Waals surface area contributed by atoms with Crippen LogP contribution in [0.25, 0.3) is 0 Å². The maximum Gasteiger partial charge on any atom is 0.344 e. The van der Waals surface area contributed by atoms with Crippen LogP contribution in [-0.4, -0.2) is 31.8 Å². The molecule has 0 amide bonds. The van der Waals surface area contributed by atoms with E-state index in [1.165, 1.54) is 24.3 Å². The molecule has 5 nitrogen and oxygen atoms in total. The third kappa shape index (κ3) is 13.6. The SMILES string of the molecule is C=C(C)C(CC/C(C)=C/CC/C(C)=C/C=C/C=C/C(=O)OC)OC(=O)COc1ccc(Cl)cc1Cl. The first-order valence-electron chi connectivity index (χ1n) is 11.3. The number of halogens is 2. The van der Waals surface area contributed by atoms with Gasteiger partial charge < -0.3 is 14.2 Å². The third-order valence-corrected chi connectivity index (χ3v) is 5.46. The first-order valence-corrected chi connectivity index (χ1v) is 12.0. The van der Waals surface area contributed by atoms with E-state index in [4.69, 9.17) is 32.7 Å². The van der Waals surface area contributed by atoms with E-state index >= 15 is 0 Å². The smallest absolute Gasteiger partial charge is 0.344 e. The molecule has 0 fully saturated rings. The number of carbonyl (C=O) groups excluding carboxylic acids is 2. The number of carbonyl (C=O) groups is 2. The van der Waals surface area contributed by atoms with Gasteiger partial charge in [0.25, 0.3) is 0 Å². The molecule has 0 saturated carbocycles. The minimum atomic E-state index is -0.485. The van der Waals surface area contributed by atoms with E-state index < -0.39 is 5.97 Å². The molecular weight excluding hydrogens is 487 g/mol. The minimum absolute atomic E-state index is 0.251. The van der Waals surface area contributed by atoms with E-state index in [-0.39, 0.29) is 18.7 Å². The quantitative estimate of drug-likeness (QED) is 0.109. The highest BCUT2D eigenvalue weighted by Crippen LogP contribution is 2.27. The average molecular weight is 521 g/mol. The number of rotatable bonds is 14. The van der Waals surface area contributed by atoms with Gasteiger partial charge in [-0.15, -0.1) is 0 Å². The standard InChI is InChI=1S/C28H34Cl2O5/c1-20(2)25(35-28(32)19-34-26-17-15-23(29)18-24(26)30)16-14-22(4)12-9-11-21(3)10-7-6-8-13-27(31)33-5/h6-8,10,12-13,15,17-18,25H,1,9,11,14,16,19H2,2-5H3/b7-6+,13-8+,21-10+,22-12+. The molecule has 1 aromatic carbocycles. The van der Waals surface area contributed by atoms with Crippen LogP contribution in [-0.2, 0) is 19.1 Å². The monoisotopic (exact) mass is 520 g/mol. The van der Waals surface area contributed by atoms with Crippen LogP contribution < -0.4 is 4.74 Å². The summed E-state index contributed by atoms with van der Waals surface area (Å²) in [5, 5.41) is 0.822. The van der Waals surface area contributed by atoms with Crippen LogP contribution >= 0.6 is 23.2 Å². The van der Waals surface area contributed by atoms with Crippen LogP contribution in [0.5, 0.6) is 5.75 Å². The van der Waals surface area contributed by atoms with Crippen molar-refractivity contribution in [3.8, 4) is 5.75 Å². The fourth-order valence-electron chi connectivity index (χ4n) is 2.90. The molecular formula is C28H34Cl2O5. The third-order valence-electron chi connectivity index (χ3n) is 4.93. The number of benzene rings is 1. The first kappa shape index (κ1) is 30.3. The van der Waals surface area contributed by atoms with Gasteiger partial charge in [-0.3, -0.25) is 0 Å². The van der Waals surface area contributed by atoms with Crippen molar-refractivity contribution in [1.29, 1.82) is 0 Å². The van der Waals surface area contributed by atoms with Gasteiger partial charge >= 0.3 is 11.9 Å². The Balaban J connectivity index is 2.45. The first-order chi connectivity index (χ1) is 16.6. The summed E-state index contributed by atoms with van der Waals surface area (Å²) in [5.41, 5.74) is 3.23. The van der Waals surface area contributed by atoms with Gasteiger partial charge in [0.2, 0.25) is 0 Å².